The summed E-state index contributed by atoms with van der Waals surface area (Å²) in [6.07, 6.45) is 5.59. The van der Waals surface area contributed by atoms with Crippen LogP contribution in [0.25, 0.3) is 10.9 Å². The van der Waals surface area contributed by atoms with Crippen molar-refractivity contribution in [3.8, 4) is 5.75 Å². The zero-order valence-corrected chi connectivity index (χ0v) is 22.9. The Hall–Kier alpha value is -2.74. The van der Waals surface area contributed by atoms with Crippen molar-refractivity contribution in [3.63, 3.8) is 0 Å². The van der Waals surface area contributed by atoms with E-state index in [1.54, 1.807) is 13.8 Å². The zero-order valence-electron chi connectivity index (χ0n) is 22.2. The van der Waals surface area contributed by atoms with Crippen LogP contribution in [0, 0.1) is 5.92 Å². The molecule has 1 amide bonds. The van der Waals surface area contributed by atoms with Crippen molar-refractivity contribution in [3.05, 3.63) is 64.3 Å². The highest BCUT2D eigenvalue weighted by Crippen LogP contribution is 2.40. The molecule has 1 aliphatic carbocycles. The molecule has 1 unspecified atom stereocenters. The second-order valence-electron chi connectivity index (χ2n) is 10.8. The van der Waals surface area contributed by atoms with E-state index >= 15 is 0 Å². The lowest BCUT2D eigenvalue weighted by atomic mass is 9.86. The minimum Gasteiger partial charge on any atom is -0.494 e. The Labute approximate surface area is 229 Å². The van der Waals surface area contributed by atoms with Gasteiger partial charge in [0.15, 0.2) is 5.79 Å². The summed E-state index contributed by atoms with van der Waals surface area (Å²) in [4.78, 5) is 18.7. The number of hydrogen-bond donors (Lipinski definition) is 2. The quantitative estimate of drug-likeness (QED) is 0.223. The van der Waals surface area contributed by atoms with Crippen LogP contribution < -0.4 is 4.74 Å². The molecule has 2 N–H and O–H groups in total. The smallest absolute Gasteiger partial charge is 0.410 e. The zero-order chi connectivity index (χ0) is 26.7. The van der Waals surface area contributed by atoms with Crippen LogP contribution in [0.5, 0.6) is 5.75 Å². The Bertz CT molecular complexity index is 1250. The normalized spacial score (nSPS) is 17.8. The van der Waals surface area contributed by atoms with Gasteiger partial charge in [-0.15, -0.1) is 0 Å². The molecule has 5 rings (SSSR count). The number of ether oxygens (including phenoxy) is 3. The fraction of sp³-hybridized carbons (Fsp3) is 0.500. The first-order valence-corrected chi connectivity index (χ1v) is 14.0. The number of halogens is 1. The summed E-state index contributed by atoms with van der Waals surface area (Å²) >= 11 is 6.32. The van der Waals surface area contributed by atoms with Gasteiger partial charge in [0.05, 0.1) is 19.8 Å². The lowest BCUT2D eigenvalue weighted by molar-refractivity contribution is -0.176. The second-order valence-corrected chi connectivity index (χ2v) is 11.3. The van der Waals surface area contributed by atoms with Crippen molar-refractivity contribution < 1.29 is 24.1 Å². The van der Waals surface area contributed by atoms with Crippen LogP contribution in [0.3, 0.4) is 0 Å². The first-order chi connectivity index (χ1) is 18.3. The summed E-state index contributed by atoms with van der Waals surface area (Å²) < 4.78 is 17.0. The van der Waals surface area contributed by atoms with Crippen LogP contribution in [-0.4, -0.2) is 53.2 Å². The van der Waals surface area contributed by atoms with E-state index in [0.717, 1.165) is 60.0 Å². The molecule has 2 aliphatic rings. The van der Waals surface area contributed by atoms with Crippen LogP contribution in [0.15, 0.2) is 42.5 Å². The molecule has 1 atom stereocenters. The summed E-state index contributed by atoms with van der Waals surface area (Å²) in [7, 11) is 0. The molecular weight excluding hydrogens is 504 g/mol. The number of hydrogen-bond acceptors (Lipinski definition) is 5. The lowest BCUT2D eigenvalue weighted by Gasteiger charge is -2.36. The molecule has 2 aromatic carbocycles. The Morgan fingerprint density at radius 2 is 1.89 bits per heavy atom. The molecule has 2 heterocycles. The molecule has 0 bridgehead atoms. The predicted molar refractivity (Wildman–Crippen MR) is 148 cm³/mol. The highest BCUT2D eigenvalue weighted by molar-refractivity contribution is 6.31. The van der Waals surface area contributed by atoms with Crippen molar-refractivity contribution in [1.82, 2.24) is 9.88 Å². The van der Waals surface area contributed by atoms with Crippen LogP contribution in [0.1, 0.15) is 68.8 Å². The van der Waals surface area contributed by atoms with Gasteiger partial charge in [0, 0.05) is 28.2 Å². The van der Waals surface area contributed by atoms with Gasteiger partial charge in [-0.2, -0.15) is 0 Å². The number of rotatable bonds is 10. The average molecular weight is 541 g/mol. The van der Waals surface area contributed by atoms with Gasteiger partial charge in [0.25, 0.3) is 0 Å². The summed E-state index contributed by atoms with van der Waals surface area (Å²) in [6.45, 7) is 5.36. The number of unbranched alkanes of at least 4 members (excludes halogenated alkanes) is 1. The number of H-pyrrole nitrogens is 1. The van der Waals surface area contributed by atoms with Crippen molar-refractivity contribution in [2.45, 2.75) is 64.2 Å². The van der Waals surface area contributed by atoms with Gasteiger partial charge in [-0.1, -0.05) is 30.2 Å². The van der Waals surface area contributed by atoms with Gasteiger partial charge in [0.2, 0.25) is 0 Å². The molecule has 38 heavy (non-hydrogen) atoms. The van der Waals surface area contributed by atoms with E-state index < -0.39 is 5.79 Å². The topological polar surface area (TPSA) is 84.0 Å². The summed E-state index contributed by atoms with van der Waals surface area (Å²) in [6, 6.07) is 13.5. The molecule has 8 heteroatoms. The van der Waals surface area contributed by atoms with Crippen molar-refractivity contribution in [1.29, 1.82) is 0 Å². The molecule has 0 radical (unpaired) electrons. The van der Waals surface area contributed by atoms with Crippen molar-refractivity contribution in [2.24, 2.45) is 5.92 Å². The molecule has 0 spiro atoms. The maximum absolute atomic E-state index is 13.3. The number of carbonyl (C=O) groups is 1. The number of carbonyl (C=O) groups excluding carboxylic acids is 1. The van der Waals surface area contributed by atoms with E-state index in [9.17, 15) is 9.90 Å². The Balaban J connectivity index is 1.31. The lowest BCUT2D eigenvalue weighted by Crippen LogP contribution is -2.41. The fourth-order valence-electron chi connectivity index (χ4n) is 5.20. The van der Waals surface area contributed by atoms with Crippen molar-refractivity contribution in [2.75, 3.05) is 26.4 Å². The first kappa shape index (κ1) is 26.9. The minimum absolute atomic E-state index is 0.266. The van der Waals surface area contributed by atoms with Gasteiger partial charge in [-0.05, 0) is 93.3 Å². The van der Waals surface area contributed by atoms with E-state index in [1.807, 2.05) is 47.4 Å². The standard InChI is InChI=1S/C30H37ClN2O5/c1-30(2,35)38-17-4-3-16-36-23-11-8-21(9-12-23)28-27-24(25-18-22(31)10-13-26(25)32-27)14-15-33(28)29(34)37-19-20-6-5-7-20/h8-13,18,20,28,32,35H,3-7,14-17,19H2,1-2H3. The van der Waals surface area contributed by atoms with Gasteiger partial charge < -0.3 is 24.3 Å². The van der Waals surface area contributed by atoms with Gasteiger partial charge >= 0.3 is 6.09 Å². The number of aromatic amines is 1. The van der Waals surface area contributed by atoms with Crippen LogP contribution in [0.2, 0.25) is 5.02 Å². The number of nitrogens with zero attached hydrogens (tertiary/aromatic N) is 1. The number of benzene rings is 2. The highest BCUT2D eigenvalue weighted by Gasteiger charge is 2.36. The van der Waals surface area contributed by atoms with E-state index in [1.165, 1.54) is 12.0 Å². The van der Waals surface area contributed by atoms with Gasteiger partial charge in [-0.3, -0.25) is 4.90 Å². The Morgan fingerprint density at radius 1 is 1.13 bits per heavy atom. The average Bonchev–Trinajstić information content (AvgIpc) is 3.22. The summed E-state index contributed by atoms with van der Waals surface area (Å²) in [5.41, 5.74) is 4.22. The van der Waals surface area contributed by atoms with Crippen LogP contribution in [0.4, 0.5) is 4.79 Å². The molecule has 1 aliphatic heterocycles. The van der Waals surface area contributed by atoms with Crippen LogP contribution >= 0.6 is 11.6 Å². The van der Waals surface area contributed by atoms with E-state index in [-0.39, 0.29) is 12.1 Å². The van der Waals surface area contributed by atoms with E-state index in [0.29, 0.717) is 37.3 Å². The molecular formula is C30H37ClN2O5. The van der Waals surface area contributed by atoms with Gasteiger partial charge in [-0.25, -0.2) is 4.79 Å². The molecule has 1 saturated carbocycles. The third-order valence-corrected chi connectivity index (χ3v) is 7.68. The summed E-state index contributed by atoms with van der Waals surface area (Å²) in [5.74, 6) is 0.159. The van der Waals surface area contributed by atoms with Gasteiger partial charge in [0.1, 0.15) is 11.8 Å². The molecule has 3 aromatic rings. The monoisotopic (exact) mass is 540 g/mol. The SMILES string of the molecule is CC(C)(O)OCCCCOc1ccc(C2c3[nH]c4ccc(Cl)cc4c3CCN2C(=O)OCC2CCC2)cc1. The molecule has 7 nitrogen and oxygen atoms in total. The number of fused-ring (bicyclic) bond motifs is 3. The number of aromatic nitrogens is 1. The third kappa shape index (κ3) is 6.28. The number of amides is 1. The molecule has 1 aromatic heterocycles. The number of nitrogens with one attached hydrogen (secondary N) is 1. The predicted octanol–water partition coefficient (Wildman–Crippen LogP) is 6.61. The maximum atomic E-state index is 13.3. The molecule has 1 fully saturated rings. The minimum atomic E-state index is -1.11. The van der Waals surface area contributed by atoms with Crippen LogP contribution in [-0.2, 0) is 15.9 Å². The Morgan fingerprint density at radius 3 is 2.61 bits per heavy atom. The van der Waals surface area contributed by atoms with E-state index in [2.05, 4.69) is 4.98 Å². The summed E-state index contributed by atoms with van der Waals surface area (Å²) in [5, 5.41) is 11.4. The molecule has 204 valence electrons. The third-order valence-electron chi connectivity index (χ3n) is 7.45. The largest absolute Gasteiger partial charge is 0.494 e. The fourth-order valence-corrected chi connectivity index (χ4v) is 5.37. The second kappa shape index (κ2) is 11.6. The number of aliphatic hydroxyl groups is 1. The van der Waals surface area contributed by atoms with Crippen molar-refractivity contribution >= 4 is 28.6 Å². The highest BCUT2D eigenvalue weighted by atomic mass is 35.5. The maximum Gasteiger partial charge on any atom is 0.410 e. The Kier molecular flexibility index (Phi) is 8.17. The first-order valence-electron chi connectivity index (χ1n) is 13.6. The molecule has 0 saturated heterocycles. The van der Waals surface area contributed by atoms with E-state index in [4.69, 9.17) is 25.8 Å².